The van der Waals surface area contributed by atoms with E-state index in [-0.39, 0.29) is 99.9 Å². The zero-order valence-electron chi connectivity index (χ0n) is 4.42. The summed E-state index contributed by atoms with van der Waals surface area (Å²) in [4.78, 5) is 21.6. The van der Waals surface area contributed by atoms with Gasteiger partial charge in [0.25, 0.3) is 0 Å². The molecule has 0 atom stereocenters. The van der Waals surface area contributed by atoms with Crippen LogP contribution in [0.4, 0.5) is 0 Å². The number of phosphoric acid groups is 1. The second-order valence-electron chi connectivity index (χ2n) is 0.513. The Labute approximate surface area is 125 Å². The Kier molecular flexibility index (Phi) is 68.5. The molecule has 0 aromatic rings. The van der Waals surface area contributed by atoms with Crippen molar-refractivity contribution >= 4 is 7.82 Å². The van der Waals surface area contributed by atoms with E-state index < -0.39 is 7.82 Å². The molecule has 0 aliphatic rings. The van der Waals surface area contributed by atoms with Crippen molar-refractivity contribution in [2.75, 3.05) is 0 Å². The maximum atomic E-state index is 8.88. The van der Waals surface area contributed by atoms with E-state index in [2.05, 4.69) is 0 Å². The van der Waals surface area contributed by atoms with E-state index in [0.717, 1.165) is 0 Å². The second kappa shape index (κ2) is 17.7. The van der Waals surface area contributed by atoms with Crippen LogP contribution < -0.4 is 0 Å². The Bertz CT molecular complexity index is 57.7. The molecule has 0 unspecified atom stereocenters. The predicted molar refractivity (Wildman–Crippen MR) is 16.3 cm³/mol. The largest absolute Gasteiger partial charge is 3.00 e. The minimum absolute atomic E-state index is 0. The third-order valence-electron chi connectivity index (χ3n) is 0. The molecule has 0 aliphatic heterocycles. The van der Waals surface area contributed by atoms with Crippen LogP contribution in [0.15, 0.2) is 0 Å². The van der Waals surface area contributed by atoms with E-state index in [0.29, 0.717) is 0 Å². The van der Waals surface area contributed by atoms with Gasteiger partial charge < -0.3 is 31.1 Å². The van der Waals surface area contributed by atoms with E-state index in [1.54, 1.807) is 0 Å². The normalized spacial score (nSPS) is 5.90. The van der Waals surface area contributed by atoms with Crippen molar-refractivity contribution in [1.29, 1.82) is 0 Å². The third-order valence-corrected chi connectivity index (χ3v) is 0. The molecule has 0 heterocycles. The molecule has 0 spiro atoms. The average Bonchev–Trinajstić information content (AvgIpc) is 0.722. The maximum absolute atomic E-state index is 8.88. The molecule has 0 fully saturated rings. The van der Waals surface area contributed by atoms with Crippen LogP contribution in [0.1, 0.15) is 0 Å². The summed E-state index contributed by atoms with van der Waals surface area (Å²) in [5.74, 6) is 0. The van der Waals surface area contributed by atoms with E-state index >= 15 is 0 Å². The van der Waals surface area contributed by atoms with Gasteiger partial charge in [-0.15, -0.1) is 0 Å². The summed E-state index contributed by atoms with van der Waals surface area (Å²) in [7, 11) is -4.64. The van der Waals surface area contributed by atoms with Crippen molar-refractivity contribution in [3.8, 4) is 0 Å². The van der Waals surface area contributed by atoms with Crippen molar-refractivity contribution < 1.29 is 119 Å². The van der Waals surface area contributed by atoms with Gasteiger partial charge in [0, 0.05) is 0 Å². The first-order valence-electron chi connectivity index (χ1n) is 0.783. The Morgan fingerprint density at radius 3 is 0.800 bits per heavy atom. The number of rotatable bonds is 0. The van der Waals surface area contributed by atoms with Crippen LogP contribution in [-0.2, 0) is 21.0 Å². The van der Waals surface area contributed by atoms with Gasteiger partial charge in [-0.1, -0.05) is 0 Å². The summed E-state index contributed by atoms with van der Waals surface area (Å²) in [6, 6.07) is 0. The summed E-state index contributed by atoms with van der Waals surface area (Å²) in [6.07, 6.45) is 0. The molecule has 10 heteroatoms. The minimum Gasteiger partial charge on any atom is -2.00 e. The van der Waals surface area contributed by atoms with E-state index in [9.17, 15) is 0 Å². The second-order valence-corrected chi connectivity index (χ2v) is 1.54. The summed E-state index contributed by atoms with van der Waals surface area (Å²) < 4.78 is 8.88. The van der Waals surface area contributed by atoms with Gasteiger partial charge in [-0.3, -0.25) is 0 Å². The van der Waals surface area contributed by atoms with Gasteiger partial charge in [0.05, 0.1) is 0 Å². The van der Waals surface area contributed by atoms with Crippen molar-refractivity contribution in [2.45, 2.75) is 0 Å². The molecule has 0 saturated heterocycles. The molecule has 2 radical (unpaired) electrons. The van der Waals surface area contributed by atoms with Gasteiger partial charge in [-0.05, 0) is 0 Å². The van der Waals surface area contributed by atoms with Crippen molar-refractivity contribution in [1.82, 2.24) is 0 Å². The first-order chi connectivity index (χ1) is 2.00. The fourth-order valence-corrected chi connectivity index (χ4v) is 0. The zero-order valence-corrected chi connectivity index (χ0v) is 11.6. The molecule has 0 amide bonds. The minimum atomic E-state index is -4.64. The molecule has 58 valence electrons. The van der Waals surface area contributed by atoms with E-state index in [1.807, 2.05) is 0 Å². The first-order valence-corrected chi connectivity index (χ1v) is 2.35. The van der Waals surface area contributed by atoms with Crippen molar-refractivity contribution in [3.05, 3.63) is 0 Å². The van der Waals surface area contributed by atoms with Crippen LogP contribution >= 0.6 is 7.82 Å². The summed E-state index contributed by atoms with van der Waals surface area (Å²) in [6.45, 7) is 0. The van der Waals surface area contributed by atoms with Crippen LogP contribution in [0.3, 0.4) is 0 Å². The van der Waals surface area contributed by atoms with Gasteiger partial charge in [-0.2, -0.15) is 0 Å². The van der Waals surface area contributed by atoms with Gasteiger partial charge in [0.1, 0.15) is 0 Å². The number of hydrogen-bond acceptors (Lipinski definition) is 1. The SMILES string of the molecule is O=P(O)(O)O.[Ce+3].[Ce+3].[O-2].[O-2].[O-2]. The monoisotopic (exact) mass is 426 g/mol. The van der Waals surface area contributed by atoms with Crippen molar-refractivity contribution in [3.63, 3.8) is 0 Å². The van der Waals surface area contributed by atoms with Crippen LogP contribution in [-0.4, -0.2) is 14.7 Å². The van der Waals surface area contributed by atoms with Gasteiger partial charge >= 0.3 is 91.3 Å². The van der Waals surface area contributed by atoms with E-state index in [4.69, 9.17) is 19.2 Å². The molecule has 7 nitrogen and oxygen atoms in total. The van der Waals surface area contributed by atoms with Crippen LogP contribution in [0.2, 0.25) is 0 Å². The molecule has 0 aromatic heterocycles. The standard InChI is InChI=1S/2Ce.H3O4P.3O/c;;1-5(2,3)4;;;/h;;(H3,1,2,3,4);;;/q2*+3;;3*-2. The number of hydrogen-bond donors (Lipinski definition) is 3. The molecule has 0 bridgehead atoms. The van der Waals surface area contributed by atoms with Gasteiger partial charge in [-0.25, -0.2) is 4.57 Å². The summed E-state index contributed by atoms with van der Waals surface area (Å²) in [5, 5.41) is 0. The quantitative estimate of drug-likeness (QED) is 0.411. The molecule has 0 rings (SSSR count). The molecule has 0 saturated carbocycles. The first kappa shape index (κ1) is 38.6. The predicted octanol–water partition coefficient (Wildman–Crippen LogP) is -1.29. The Morgan fingerprint density at radius 1 is 0.800 bits per heavy atom. The third kappa shape index (κ3) is 136. The Hall–Kier alpha value is 2.74. The summed E-state index contributed by atoms with van der Waals surface area (Å²) in [5.41, 5.74) is 0. The van der Waals surface area contributed by atoms with Crippen LogP contribution in [0.25, 0.3) is 0 Å². The maximum Gasteiger partial charge on any atom is 3.00 e. The van der Waals surface area contributed by atoms with E-state index in [1.165, 1.54) is 0 Å². The smallest absolute Gasteiger partial charge is 2.00 e. The fraction of sp³-hybridized carbons (Fsp3) is 0. The zero-order chi connectivity index (χ0) is 4.50. The topological polar surface area (TPSA) is 163 Å². The molecule has 3 N–H and O–H groups in total. The van der Waals surface area contributed by atoms with Crippen LogP contribution in [0.5, 0.6) is 0 Å². The average molecular weight is 426 g/mol. The molecule has 10 heavy (non-hydrogen) atoms. The Morgan fingerprint density at radius 2 is 0.800 bits per heavy atom. The molecular formula is H3Ce2O7P. The fourth-order valence-electron chi connectivity index (χ4n) is 0. The molecule has 0 aromatic carbocycles. The van der Waals surface area contributed by atoms with Gasteiger partial charge in [0.2, 0.25) is 0 Å². The summed E-state index contributed by atoms with van der Waals surface area (Å²) >= 11 is 0. The van der Waals surface area contributed by atoms with Crippen molar-refractivity contribution in [2.24, 2.45) is 0 Å². The van der Waals surface area contributed by atoms with Gasteiger partial charge in [0.15, 0.2) is 0 Å². The molecular weight excluding hydrogens is 423 g/mol. The molecule has 0 aliphatic carbocycles. The Balaban J connectivity index is -0.00000000800. The van der Waals surface area contributed by atoms with Crippen LogP contribution in [0, 0.1) is 83.5 Å².